The summed E-state index contributed by atoms with van der Waals surface area (Å²) in [6.07, 6.45) is 6.80. The molecule has 0 aliphatic heterocycles. The molecule has 3 heteroatoms. The van der Waals surface area contributed by atoms with Crippen LogP contribution in [0.25, 0.3) is 0 Å². The van der Waals surface area contributed by atoms with Crippen LogP contribution in [-0.4, -0.2) is 18.9 Å². The highest BCUT2D eigenvalue weighted by molar-refractivity contribution is 5.81. The molecule has 0 aliphatic rings. The van der Waals surface area contributed by atoms with Gasteiger partial charge in [0.25, 0.3) is 0 Å². The lowest BCUT2D eigenvalue weighted by molar-refractivity contribution is -0.140. The topological polar surface area (TPSA) is 43.4 Å². The fraction of sp³-hybridized carbons (Fsp3) is 0.636. The minimum atomic E-state index is -0.276. The molecule has 0 aromatic carbocycles. The molecule has 0 aromatic heterocycles. The lowest BCUT2D eigenvalue weighted by Gasteiger charge is -2.05. The molecule has 0 radical (unpaired) electrons. The van der Waals surface area contributed by atoms with Crippen LogP contribution in [0.5, 0.6) is 0 Å². The van der Waals surface area contributed by atoms with Crippen molar-refractivity contribution in [1.29, 1.82) is 0 Å². The van der Waals surface area contributed by atoms with Crippen molar-refractivity contribution in [2.24, 2.45) is 5.92 Å². The normalized spacial score (nSPS) is 11.5. The molecule has 0 spiro atoms. The van der Waals surface area contributed by atoms with Gasteiger partial charge in [0.15, 0.2) is 0 Å². The molecule has 0 N–H and O–H groups in total. The third-order valence-corrected chi connectivity index (χ3v) is 2.01. The van der Waals surface area contributed by atoms with Gasteiger partial charge in [-0.15, -0.1) is 12.3 Å². The molecule has 0 amide bonds. The number of ketones is 1. The van der Waals surface area contributed by atoms with Crippen LogP contribution >= 0.6 is 0 Å². The van der Waals surface area contributed by atoms with Crippen molar-refractivity contribution in [1.82, 2.24) is 0 Å². The predicted octanol–water partition coefficient (Wildman–Crippen LogP) is 1.56. The summed E-state index contributed by atoms with van der Waals surface area (Å²) in [5.74, 6) is 2.19. The van der Waals surface area contributed by atoms with E-state index in [1.54, 1.807) is 6.92 Å². The molecule has 78 valence electrons. The number of carbonyl (C=O) groups excluding carboxylic acids is 2. The lowest BCUT2D eigenvalue weighted by atomic mass is 9.99. The Labute approximate surface area is 84.8 Å². The van der Waals surface area contributed by atoms with E-state index in [4.69, 9.17) is 6.42 Å². The molecule has 0 aliphatic carbocycles. The first-order valence-electron chi connectivity index (χ1n) is 4.64. The largest absolute Gasteiger partial charge is 0.469 e. The van der Waals surface area contributed by atoms with Crippen LogP contribution in [0.1, 0.15) is 32.6 Å². The molecule has 0 fully saturated rings. The Morgan fingerprint density at radius 2 is 2.07 bits per heavy atom. The van der Waals surface area contributed by atoms with Gasteiger partial charge in [0.1, 0.15) is 5.78 Å². The second kappa shape index (κ2) is 7.14. The van der Waals surface area contributed by atoms with Crippen LogP contribution in [0.15, 0.2) is 0 Å². The van der Waals surface area contributed by atoms with Gasteiger partial charge in [-0.1, -0.05) is 6.92 Å². The molecular formula is C11H16O3. The highest BCUT2D eigenvalue weighted by Gasteiger charge is 2.11. The van der Waals surface area contributed by atoms with Crippen molar-refractivity contribution in [3.05, 3.63) is 0 Å². The SMILES string of the molecule is C#CCC(C)C(=O)CCCC(=O)OC. The Bertz CT molecular complexity index is 237. The number of ether oxygens (including phenoxy) is 1. The highest BCUT2D eigenvalue weighted by Crippen LogP contribution is 2.08. The summed E-state index contributed by atoms with van der Waals surface area (Å²) in [5.41, 5.74) is 0. The highest BCUT2D eigenvalue weighted by atomic mass is 16.5. The van der Waals surface area contributed by atoms with Gasteiger partial charge in [-0.05, 0) is 6.42 Å². The second-order valence-electron chi connectivity index (χ2n) is 3.21. The zero-order chi connectivity index (χ0) is 11.0. The van der Waals surface area contributed by atoms with Gasteiger partial charge in [-0.2, -0.15) is 0 Å². The van der Waals surface area contributed by atoms with E-state index in [1.807, 2.05) is 0 Å². The average molecular weight is 196 g/mol. The van der Waals surface area contributed by atoms with Gasteiger partial charge in [-0.3, -0.25) is 9.59 Å². The Morgan fingerprint density at radius 1 is 1.43 bits per heavy atom. The minimum Gasteiger partial charge on any atom is -0.469 e. The molecule has 3 nitrogen and oxygen atoms in total. The number of hydrogen-bond acceptors (Lipinski definition) is 3. The fourth-order valence-corrected chi connectivity index (χ4v) is 1.05. The maximum absolute atomic E-state index is 11.4. The summed E-state index contributed by atoms with van der Waals surface area (Å²) in [5, 5.41) is 0. The average Bonchev–Trinajstić information content (AvgIpc) is 2.17. The van der Waals surface area contributed by atoms with E-state index < -0.39 is 0 Å². The van der Waals surface area contributed by atoms with Crippen molar-refractivity contribution < 1.29 is 14.3 Å². The monoisotopic (exact) mass is 196 g/mol. The summed E-state index contributed by atoms with van der Waals surface area (Å²) < 4.78 is 4.46. The van der Waals surface area contributed by atoms with Gasteiger partial charge in [0.05, 0.1) is 7.11 Å². The summed E-state index contributed by atoms with van der Waals surface area (Å²) in [6, 6.07) is 0. The number of esters is 1. The van der Waals surface area contributed by atoms with Gasteiger partial charge in [0.2, 0.25) is 0 Å². The zero-order valence-corrected chi connectivity index (χ0v) is 8.71. The standard InChI is InChI=1S/C11H16O3/c1-4-6-9(2)10(12)7-5-8-11(13)14-3/h1,9H,5-8H2,2-3H3. The molecule has 0 rings (SSSR count). The number of terminal acetylenes is 1. The maximum atomic E-state index is 11.4. The molecule has 14 heavy (non-hydrogen) atoms. The van der Waals surface area contributed by atoms with Crippen LogP contribution in [0, 0.1) is 18.3 Å². The minimum absolute atomic E-state index is 0.0994. The molecule has 0 aromatic rings. The van der Waals surface area contributed by atoms with E-state index in [2.05, 4.69) is 10.7 Å². The molecular weight excluding hydrogens is 180 g/mol. The van der Waals surface area contributed by atoms with Gasteiger partial charge in [-0.25, -0.2) is 0 Å². The van der Waals surface area contributed by atoms with E-state index in [-0.39, 0.29) is 17.7 Å². The lowest BCUT2D eigenvalue weighted by Crippen LogP contribution is -2.11. The Kier molecular flexibility index (Phi) is 6.47. The van der Waals surface area contributed by atoms with Crippen LogP contribution in [0.4, 0.5) is 0 Å². The predicted molar refractivity (Wildman–Crippen MR) is 53.5 cm³/mol. The van der Waals surface area contributed by atoms with Crippen molar-refractivity contribution in [3.8, 4) is 12.3 Å². The first-order valence-corrected chi connectivity index (χ1v) is 4.64. The molecule has 0 bridgehead atoms. The summed E-state index contributed by atoms with van der Waals surface area (Å²) >= 11 is 0. The van der Waals surface area contributed by atoms with E-state index in [0.717, 1.165) is 0 Å². The molecule has 0 saturated heterocycles. The molecule has 1 atom stereocenters. The second-order valence-corrected chi connectivity index (χ2v) is 3.21. The Morgan fingerprint density at radius 3 is 2.57 bits per heavy atom. The fourth-order valence-electron chi connectivity index (χ4n) is 1.05. The number of methoxy groups -OCH3 is 1. The van der Waals surface area contributed by atoms with Crippen LogP contribution in [0.2, 0.25) is 0 Å². The number of Topliss-reactive ketones (excluding diaryl/α,β-unsaturated/α-hetero) is 1. The number of rotatable bonds is 6. The van der Waals surface area contributed by atoms with Crippen molar-refractivity contribution in [2.45, 2.75) is 32.6 Å². The first-order chi connectivity index (χ1) is 6.61. The number of carbonyl (C=O) groups is 2. The van der Waals surface area contributed by atoms with Crippen molar-refractivity contribution >= 4 is 11.8 Å². The Hall–Kier alpha value is -1.30. The summed E-state index contributed by atoms with van der Waals surface area (Å²) in [6.45, 7) is 1.81. The van der Waals surface area contributed by atoms with Crippen LogP contribution in [0.3, 0.4) is 0 Å². The van der Waals surface area contributed by atoms with Crippen molar-refractivity contribution in [2.75, 3.05) is 7.11 Å². The smallest absolute Gasteiger partial charge is 0.305 e. The van der Waals surface area contributed by atoms with Gasteiger partial charge >= 0.3 is 5.97 Å². The van der Waals surface area contributed by atoms with E-state index in [0.29, 0.717) is 25.7 Å². The molecule has 0 saturated carbocycles. The summed E-state index contributed by atoms with van der Waals surface area (Å²) in [7, 11) is 1.34. The summed E-state index contributed by atoms with van der Waals surface area (Å²) in [4.78, 5) is 22.1. The Balaban J connectivity index is 3.64. The van der Waals surface area contributed by atoms with Crippen molar-refractivity contribution in [3.63, 3.8) is 0 Å². The maximum Gasteiger partial charge on any atom is 0.305 e. The first kappa shape index (κ1) is 12.7. The zero-order valence-electron chi connectivity index (χ0n) is 8.71. The van der Waals surface area contributed by atoms with Gasteiger partial charge < -0.3 is 4.74 Å². The van der Waals surface area contributed by atoms with E-state index >= 15 is 0 Å². The van der Waals surface area contributed by atoms with Crippen LogP contribution in [-0.2, 0) is 14.3 Å². The quantitative estimate of drug-likeness (QED) is 0.478. The van der Waals surface area contributed by atoms with Gasteiger partial charge in [0, 0.05) is 25.2 Å². The molecule has 0 heterocycles. The third-order valence-electron chi connectivity index (χ3n) is 2.01. The number of hydrogen-bond donors (Lipinski definition) is 0. The van der Waals surface area contributed by atoms with E-state index in [9.17, 15) is 9.59 Å². The van der Waals surface area contributed by atoms with Crippen LogP contribution < -0.4 is 0 Å². The van der Waals surface area contributed by atoms with E-state index in [1.165, 1.54) is 7.11 Å². The third kappa shape index (κ3) is 5.36. The molecule has 1 unspecified atom stereocenters.